The summed E-state index contributed by atoms with van der Waals surface area (Å²) in [5.74, 6) is 1.67. The number of hydrogen-bond donors (Lipinski definition) is 0. The van der Waals surface area contributed by atoms with E-state index in [9.17, 15) is 0 Å². The molecule has 0 radical (unpaired) electrons. The Morgan fingerprint density at radius 1 is 1.22 bits per heavy atom. The normalized spacial score (nSPS) is 8.78. The van der Waals surface area contributed by atoms with Crippen LogP contribution in [0.3, 0.4) is 0 Å². The second-order valence-electron chi connectivity index (χ2n) is 1.87. The Balaban J connectivity index is 0.000000640. The monoisotopic (exact) mass is 125 g/mol. The highest BCUT2D eigenvalue weighted by molar-refractivity contribution is 5.75. The third kappa shape index (κ3) is 1.59. The largest absolute Gasteiger partial charge is 0.446 e. The maximum atomic E-state index is 5.10. The van der Waals surface area contributed by atoms with Crippen molar-refractivity contribution in [2.45, 2.75) is 20.8 Å². The van der Waals surface area contributed by atoms with Crippen molar-refractivity contribution in [2.75, 3.05) is 0 Å². The molecule has 0 N–H and O–H groups in total. The van der Waals surface area contributed by atoms with E-state index in [1.165, 1.54) is 0 Å². The molecule has 0 atom stereocenters. The summed E-state index contributed by atoms with van der Waals surface area (Å²) in [7, 11) is 0. The molecule has 0 amide bonds. The molecule has 1 rings (SSSR count). The first-order chi connectivity index (χ1) is 3.70. The van der Waals surface area contributed by atoms with Crippen LogP contribution in [0, 0.1) is 20.8 Å². The Bertz CT molecular complexity index is 175. The topological polar surface area (TPSA) is 26.0 Å². The second-order valence-corrected chi connectivity index (χ2v) is 1.87. The maximum absolute atomic E-state index is 5.10. The molecule has 1 heterocycles. The molecule has 1 aromatic heterocycles. The molecule has 50 valence electrons. The van der Waals surface area contributed by atoms with E-state index in [4.69, 9.17) is 4.42 Å². The van der Waals surface area contributed by atoms with Crippen molar-refractivity contribution in [3.8, 4) is 0 Å². The highest BCUT2D eigenvalue weighted by Crippen LogP contribution is 2.05. The van der Waals surface area contributed by atoms with Crippen LogP contribution < -0.4 is 0 Å². The number of hydrogen-bond acceptors (Lipinski definition) is 2. The summed E-state index contributed by atoms with van der Waals surface area (Å²) >= 11 is 0. The zero-order valence-corrected chi connectivity index (χ0v) is 5.36. The van der Waals surface area contributed by atoms with Crippen molar-refractivity contribution in [1.82, 2.24) is 4.98 Å². The van der Waals surface area contributed by atoms with E-state index in [1.54, 1.807) is 0 Å². The second kappa shape index (κ2) is 2.71. The summed E-state index contributed by atoms with van der Waals surface area (Å²) in [4.78, 5) is 4.04. The minimum atomic E-state index is 0. The predicted octanol–water partition coefficient (Wildman–Crippen LogP) is 0.416. The third-order valence-electron chi connectivity index (χ3n) is 1.14. The van der Waals surface area contributed by atoms with Crippen LogP contribution in [0.2, 0.25) is 0 Å². The molecule has 3 heteroatoms. The maximum Gasteiger partial charge on any atom is 0.191 e. The van der Waals surface area contributed by atoms with Gasteiger partial charge in [0.25, 0.3) is 0 Å². The van der Waals surface area contributed by atoms with E-state index in [2.05, 4.69) is 4.98 Å². The molecule has 2 nitrogen and oxygen atoms in total. The van der Waals surface area contributed by atoms with Crippen molar-refractivity contribution in [1.29, 1.82) is 0 Å². The van der Waals surface area contributed by atoms with Crippen LogP contribution in [0.4, 0.5) is 0 Å². The zero-order chi connectivity index (χ0) is 6.15. The molecule has 0 aliphatic rings. The van der Waals surface area contributed by atoms with Gasteiger partial charge in [-0.15, -0.1) is 0 Å². The fourth-order valence-electron chi connectivity index (χ4n) is 0.633. The molecule has 0 unspecified atom stereocenters. The summed E-state index contributed by atoms with van der Waals surface area (Å²) in [5, 5.41) is 0. The lowest BCUT2D eigenvalue weighted by molar-refractivity contribution is 0.493. The molecule has 0 aliphatic carbocycles. The molecule has 0 aromatic carbocycles. The number of aryl methyl sites for hydroxylation is 3. The van der Waals surface area contributed by atoms with Crippen molar-refractivity contribution < 1.29 is 4.42 Å². The summed E-state index contributed by atoms with van der Waals surface area (Å²) in [6.45, 7) is 5.70. The predicted molar refractivity (Wildman–Crippen MR) is 40.7 cm³/mol. The average molecular weight is 125 g/mol. The Morgan fingerprint density at radius 2 is 1.78 bits per heavy atom. The zero-order valence-electron chi connectivity index (χ0n) is 5.36. The third-order valence-corrected chi connectivity index (χ3v) is 1.14. The van der Waals surface area contributed by atoms with Crippen LogP contribution in [0.1, 0.15) is 17.3 Å². The standard InChI is InChI=1S/C6H9NO.BH3/c1-4-5(2)8-6(3)7-4;/h1-3H3;1H3. The molecular formula is C6H12BNO. The number of aromatic nitrogens is 1. The lowest BCUT2D eigenvalue weighted by Gasteiger charge is -1.77. The van der Waals surface area contributed by atoms with Gasteiger partial charge in [-0.2, -0.15) is 0 Å². The molecule has 9 heavy (non-hydrogen) atoms. The molecule has 0 saturated heterocycles. The summed E-state index contributed by atoms with van der Waals surface area (Å²) < 4.78 is 5.10. The Hall–Kier alpha value is -0.725. The van der Waals surface area contributed by atoms with Crippen LogP contribution in [0.25, 0.3) is 0 Å². The SMILES string of the molecule is B.Cc1nc(C)c(C)o1. The Morgan fingerprint density at radius 3 is 1.89 bits per heavy atom. The van der Waals surface area contributed by atoms with E-state index in [0.717, 1.165) is 17.3 Å². The van der Waals surface area contributed by atoms with Gasteiger partial charge in [-0.3, -0.25) is 0 Å². The minimum absolute atomic E-state index is 0. The van der Waals surface area contributed by atoms with Crippen LogP contribution in [-0.2, 0) is 0 Å². The first-order valence-electron chi connectivity index (χ1n) is 2.61. The molecule has 1 aromatic rings. The lowest BCUT2D eigenvalue weighted by atomic mass is 10.4. The average Bonchev–Trinajstić information content (AvgIpc) is 1.85. The van der Waals surface area contributed by atoms with Crippen molar-refractivity contribution in [3.05, 3.63) is 17.3 Å². The quantitative estimate of drug-likeness (QED) is 0.469. The summed E-state index contributed by atoms with van der Waals surface area (Å²) in [6, 6.07) is 0. The first kappa shape index (κ1) is 8.27. The van der Waals surface area contributed by atoms with Crippen LogP contribution in [0.5, 0.6) is 0 Å². The van der Waals surface area contributed by atoms with Gasteiger partial charge in [0.15, 0.2) is 5.89 Å². The fourth-order valence-corrected chi connectivity index (χ4v) is 0.633. The van der Waals surface area contributed by atoms with Crippen LogP contribution in [0.15, 0.2) is 4.42 Å². The lowest BCUT2D eigenvalue weighted by Crippen LogP contribution is -1.71. The van der Waals surface area contributed by atoms with Gasteiger partial charge in [-0.25, -0.2) is 4.98 Å². The Kier molecular flexibility index (Phi) is 2.49. The molecular weight excluding hydrogens is 113 g/mol. The van der Waals surface area contributed by atoms with Gasteiger partial charge < -0.3 is 4.42 Å². The van der Waals surface area contributed by atoms with Crippen LogP contribution in [-0.4, -0.2) is 13.4 Å². The summed E-state index contributed by atoms with van der Waals surface area (Å²) in [6.07, 6.45) is 0. The highest BCUT2D eigenvalue weighted by Gasteiger charge is 1.97. The van der Waals surface area contributed by atoms with Crippen molar-refractivity contribution in [3.63, 3.8) is 0 Å². The van der Waals surface area contributed by atoms with Gasteiger partial charge in [-0.05, 0) is 13.8 Å². The van der Waals surface area contributed by atoms with Gasteiger partial charge in [0.05, 0.1) is 14.1 Å². The van der Waals surface area contributed by atoms with Crippen molar-refractivity contribution in [2.24, 2.45) is 0 Å². The number of rotatable bonds is 0. The number of oxazole rings is 1. The van der Waals surface area contributed by atoms with E-state index in [0.29, 0.717) is 0 Å². The molecule has 0 fully saturated rings. The number of nitrogens with zero attached hydrogens (tertiary/aromatic N) is 1. The summed E-state index contributed by atoms with van der Waals surface area (Å²) in [5.41, 5.74) is 0.988. The van der Waals surface area contributed by atoms with Gasteiger partial charge in [0.2, 0.25) is 0 Å². The smallest absolute Gasteiger partial charge is 0.191 e. The van der Waals surface area contributed by atoms with E-state index in [-0.39, 0.29) is 8.41 Å². The van der Waals surface area contributed by atoms with Crippen molar-refractivity contribution >= 4 is 8.41 Å². The van der Waals surface area contributed by atoms with Gasteiger partial charge >= 0.3 is 0 Å². The van der Waals surface area contributed by atoms with E-state index >= 15 is 0 Å². The fraction of sp³-hybridized carbons (Fsp3) is 0.500. The van der Waals surface area contributed by atoms with Gasteiger partial charge in [0.1, 0.15) is 5.76 Å². The molecule has 0 aliphatic heterocycles. The van der Waals surface area contributed by atoms with Gasteiger partial charge in [-0.1, -0.05) is 0 Å². The molecule has 0 spiro atoms. The molecule has 0 bridgehead atoms. The molecule has 0 saturated carbocycles. The van der Waals surface area contributed by atoms with Crippen LogP contribution >= 0.6 is 0 Å². The highest BCUT2D eigenvalue weighted by atomic mass is 16.4. The van der Waals surface area contributed by atoms with Gasteiger partial charge in [0, 0.05) is 6.92 Å². The Labute approximate surface area is 56.9 Å². The van der Waals surface area contributed by atoms with E-state index < -0.39 is 0 Å². The first-order valence-corrected chi connectivity index (χ1v) is 2.61. The van der Waals surface area contributed by atoms with E-state index in [1.807, 2.05) is 20.8 Å². The minimum Gasteiger partial charge on any atom is -0.446 e.